The van der Waals surface area contributed by atoms with Gasteiger partial charge in [0.2, 0.25) is 10.0 Å². The Morgan fingerprint density at radius 1 is 1.14 bits per heavy atom. The predicted octanol–water partition coefficient (Wildman–Crippen LogP) is 3.37. The van der Waals surface area contributed by atoms with E-state index >= 15 is 0 Å². The van der Waals surface area contributed by atoms with E-state index in [1.165, 1.54) is 0 Å². The van der Waals surface area contributed by atoms with E-state index in [1.54, 1.807) is 16.4 Å². The van der Waals surface area contributed by atoms with E-state index in [2.05, 4.69) is 13.8 Å². The zero-order valence-corrected chi connectivity index (χ0v) is 15.0. The van der Waals surface area contributed by atoms with Crippen molar-refractivity contribution < 1.29 is 13.2 Å². The minimum atomic E-state index is -3.43. The lowest BCUT2D eigenvalue weighted by Crippen LogP contribution is -2.42. The lowest BCUT2D eigenvalue weighted by atomic mass is 9.94. The summed E-state index contributed by atoms with van der Waals surface area (Å²) >= 11 is 0. The zero-order chi connectivity index (χ0) is 16.5. The molecule has 0 aliphatic carbocycles. The van der Waals surface area contributed by atoms with Crippen molar-refractivity contribution in [2.24, 2.45) is 11.8 Å². The van der Waals surface area contributed by atoms with Crippen molar-refractivity contribution in [1.29, 1.82) is 0 Å². The summed E-state index contributed by atoms with van der Waals surface area (Å²) in [5.41, 5.74) is 1.69. The van der Waals surface area contributed by atoms with Gasteiger partial charge in [-0.25, -0.2) is 8.42 Å². The van der Waals surface area contributed by atoms with Gasteiger partial charge in [-0.05, 0) is 62.3 Å². The van der Waals surface area contributed by atoms with Crippen LogP contribution in [0.25, 0.3) is 0 Å². The number of ether oxygens (including phenoxy) is 1. The number of rotatable bonds is 4. The highest BCUT2D eigenvalue weighted by Crippen LogP contribution is 2.32. The van der Waals surface area contributed by atoms with Gasteiger partial charge in [0, 0.05) is 13.1 Å². The molecule has 1 heterocycles. The molecule has 1 aromatic rings. The molecular formula is C17H27NO3S. The number of benzene rings is 1. The highest BCUT2D eigenvalue weighted by atomic mass is 32.2. The van der Waals surface area contributed by atoms with Gasteiger partial charge >= 0.3 is 0 Å². The molecule has 0 amide bonds. The summed E-state index contributed by atoms with van der Waals surface area (Å²) in [6, 6.07) is 3.46. The normalized spacial score (nSPS) is 23.5. The Bertz CT molecular complexity index is 630. The Hall–Kier alpha value is -1.07. The first kappa shape index (κ1) is 17.3. The van der Waals surface area contributed by atoms with Crippen LogP contribution in [0, 0.1) is 25.7 Å². The topological polar surface area (TPSA) is 46.6 Å². The molecule has 1 fully saturated rings. The smallest absolute Gasteiger partial charge is 0.243 e. The van der Waals surface area contributed by atoms with Crippen LogP contribution in [0.1, 0.15) is 38.3 Å². The van der Waals surface area contributed by atoms with Crippen LogP contribution in [0.5, 0.6) is 5.75 Å². The molecule has 0 spiro atoms. The zero-order valence-electron chi connectivity index (χ0n) is 14.2. The van der Waals surface area contributed by atoms with Gasteiger partial charge in [-0.15, -0.1) is 0 Å². The fraction of sp³-hybridized carbons (Fsp3) is 0.647. The lowest BCUT2D eigenvalue weighted by molar-refractivity contribution is 0.222. The van der Waals surface area contributed by atoms with E-state index in [1.807, 2.05) is 20.8 Å². The quantitative estimate of drug-likeness (QED) is 0.852. The fourth-order valence-corrected chi connectivity index (χ4v) is 5.26. The van der Waals surface area contributed by atoms with Gasteiger partial charge in [0.25, 0.3) is 0 Å². The molecule has 1 aliphatic heterocycles. The molecule has 0 N–H and O–H groups in total. The molecule has 5 heteroatoms. The molecule has 2 rings (SSSR count). The highest BCUT2D eigenvalue weighted by molar-refractivity contribution is 7.89. The first-order valence-corrected chi connectivity index (χ1v) is 9.44. The van der Waals surface area contributed by atoms with Crippen LogP contribution in [0.15, 0.2) is 17.0 Å². The number of hydrogen-bond acceptors (Lipinski definition) is 3. The van der Waals surface area contributed by atoms with Gasteiger partial charge in [0.1, 0.15) is 5.75 Å². The lowest BCUT2D eigenvalue weighted by Gasteiger charge is -2.34. The molecule has 0 unspecified atom stereocenters. The van der Waals surface area contributed by atoms with Crippen molar-refractivity contribution in [3.05, 3.63) is 23.3 Å². The standard InChI is InChI=1S/C17H27NO3S/c1-6-21-16-7-8-17(15(5)14(16)4)22(19,20)18-10-12(2)9-13(3)11-18/h7-8,12-13H,6,9-11H2,1-5H3/t12-,13-/m0/s1. The van der Waals surface area contributed by atoms with Crippen LogP contribution < -0.4 is 4.74 Å². The van der Waals surface area contributed by atoms with Crippen molar-refractivity contribution in [3.63, 3.8) is 0 Å². The van der Waals surface area contributed by atoms with E-state index in [4.69, 9.17) is 4.74 Å². The summed E-state index contributed by atoms with van der Waals surface area (Å²) in [5.74, 6) is 1.57. The van der Waals surface area contributed by atoms with Crippen LogP contribution in [0.2, 0.25) is 0 Å². The minimum Gasteiger partial charge on any atom is -0.494 e. The van der Waals surface area contributed by atoms with Gasteiger partial charge in [-0.1, -0.05) is 13.8 Å². The summed E-state index contributed by atoms with van der Waals surface area (Å²) < 4.78 is 33.2. The molecule has 1 aromatic carbocycles. The van der Waals surface area contributed by atoms with Gasteiger partial charge in [0.05, 0.1) is 11.5 Å². The fourth-order valence-electron chi connectivity index (χ4n) is 3.30. The summed E-state index contributed by atoms with van der Waals surface area (Å²) in [5, 5.41) is 0. The Kier molecular flexibility index (Phi) is 5.17. The summed E-state index contributed by atoms with van der Waals surface area (Å²) in [4.78, 5) is 0.412. The maximum atomic E-state index is 13.0. The highest BCUT2D eigenvalue weighted by Gasteiger charge is 2.33. The van der Waals surface area contributed by atoms with E-state index in [0.29, 0.717) is 36.4 Å². The number of hydrogen-bond donors (Lipinski definition) is 0. The molecule has 0 radical (unpaired) electrons. The third-order valence-corrected chi connectivity index (χ3v) is 6.42. The van der Waals surface area contributed by atoms with Crippen LogP contribution in [0.4, 0.5) is 0 Å². The summed E-state index contributed by atoms with van der Waals surface area (Å²) in [6.07, 6.45) is 1.09. The monoisotopic (exact) mass is 325 g/mol. The van der Waals surface area contributed by atoms with Crippen molar-refractivity contribution >= 4 is 10.0 Å². The Morgan fingerprint density at radius 2 is 1.73 bits per heavy atom. The Labute approximate surface area is 134 Å². The van der Waals surface area contributed by atoms with E-state index in [-0.39, 0.29) is 0 Å². The van der Waals surface area contributed by atoms with Gasteiger partial charge in [0.15, 0.2) is 0 Å². The Balaban J connectivity index is 2.39. The van der Waals surface area contributed by atoms with Crippen LogP contribution >= 0.6 is 0 Å². The number of piperidine rings is 1. The first-order valence-electron chi connectivity index (χ1n) is 8.00. The second kappa shape index (κ2) is 6.59. The van der Waals surface area contributed by atoms with Crippen molar-refractivity contribution in [2.45, 2.75) is 45.9 Å². The Morgan fingerprint density at radius 3 is 2.27 bits per heavy atom. The van der Waals surface area contributed by atoms with Gasteiger partial charge in [-0.3, -0.25) is 0 Å². The molecule has 124 valence electrons. The average molecular weight is 325 g/mol. The third kappa shape index (κ3) is 3.30. The van der Waals surface area contributed by atoms with Crippen molar-refractivity contribution in [2.75, 3.05) is 19.7 Å². The van der Waals surface area contributed by atoms with E-state index in [0.717, 1.165) is 23.3 Å². The SMILES string of the molecule is CCOc1ccc(S(=O)(=O)N2C[C@@H](C)C[C@H](C)C2)c(C)c1C. The maximum Gasteiger partial charge on any atom is 0.243 e. The van der Waals surface area contributed by atoms with Crippen LogP contribution in [-0.2, 0) is 10.0 Å². The minimum absolute atomic E-state index is 0.405. The van der Waals surface area contributed by atoms with Crippen LogP contribution in [-0.4, -0.2) is 32.4 Å². The van der Waals surface area contributed by atoms with Gasteiger partial charge < -0.3 is 4.74 Å². The maximum absolute atomic E-state index is 13.0. The number of sulfonamides is 1. The second-order valence-corrected chi connectivity index (χ2v) is 8.42. The van der Waals surface area contributed by atoms with Crippen molar-refractivity contribution in [1.82, 2.24) is 4.31 Å². The average Bonchev–Trinajstić information content (AvgIpc) is 2.43. The number of nitrogens with zero attached hydrogens (tertiary/aromatic N) is 1. The first-order chi connectivity index (χ1) is 10.3. The summed E-state index contributed by atoms with van der Waals surface area (Å²) in [6.45, 7) is 11.7. The predicted molar refractivity (Wildman–Crippen MR) is 88.8 cm³/mol. The molecule has 22 heavy (non-hydrogen) atoms. The van der Waals surface area contributed by atoms with Crippen molar-refractivity contribution in [3.8, 4) is 5.75 Å². The van der Waals surface area contributed by atoms with E-state index in [9.17, 15) is 8.42 Å². The molecule has 4 nitrogen and oxygen atoms in total. The molecular weight excluding hydrogens is 298 g/mol. The van der Waals surface area contributed by atoms with Crippen LogP contribution in [0.3, 0.4) is 0 Å². The van der Waals surface area contributed by atoms with E-state index < -0.39 is 10.0 Å². The molecule has 1 aliphatic rings. The molecule has 0 bridgehead atoms. The summed E-state index contributed by atoms with van der Waals surface area (Å²) in [7, 11) is -3.43. The molecule has 0 saturated carbocycles. The molecule has 1 saturated heterocycles. The molecule has 2 atom stereocenters. The second-order valence-electron chi connectivity index (χ2n) is 6.51. The van der Waals surface area contributed by atoms with Gasteiger partial charge in [-0.2, -0.15) is 4.31 Å². The largest absolute Gasteiger partial charge is 0.494 e. The third-order valence-electron chi connectivity index (χ3n) is 4.44. The molecule has 0 aromatic heterocycles.